The first-order valence-electron chi connectivity index (χ1n) is 5.66. The molecule has 0 bridgehead atoms. The molecule has 0 saturated carbocycles. The van der Waals surface area contributed by atoms with Crippen molar-refractivity contribution in [2.24, 2.45) is 0 Å². The van der Waals surface area contributed by atoms with E-state index in [4.69, 9.17) is 4.74 Å². The van der Waals surface area contributed by atoms with Crippen LogP contribution >= 0.6 is 0 Å². The minimum Gasteiger partial charge on any atom is -0.372 e. The average molecular weight is 214 g/mol. The van der Waals surface area contributed by atoms with E-state index >= 15 is 0 Å². The van der Waals surface area contributed by atoms with Gasteiger partial charge in [-0.2, -0.15) is 0 Å². The molecule has 1 saturated heterocycles. The molecule has 1 amide bonds. The Morgan fingerprint density at radius 3 is 2.87 bits per heavy atom. The lowest BCUT2D eigenvalue weighted by molar-refractivity contribution is -0.139. The van der Waals surface area contributed by atoms with E-state index in [1.165, 1.54) is 19.3 Å². The Labute approximate surface area is 92.0 Å². The van der Waals surface area contributed by atoms with Crippen LogP contribution in [0.4, 0.5) is 0 Å². The third kappa shape index (κ3) is 3.80. The highest BCUT2D eigenvalue weighted by Gasteiger charge is 2.21. The zero-order valence-electron chi connectivity index (χ0n) is 9.95. The maximum Gasteiger partial charge on any atom is 0.251 e. The molecule has 1 aliphatic rings. The van der Waals surface area contributed by atoms with E-state index in [0.717, 1.165) is 13.1 Å². The molecular weight excluding hydrogens is 192 g/mol. The van der Waals surface area contributed by atoms with E-state index in [1.807, 2.05) is 7.05 Å². The molecule has 2 unspecified atom stereocenters. The molecule has 0 spiro atoms. The van der Waals surface area contributed by atoms with Gasteiger partial charge < -0.3 is 15.0 Å². The Morgan fingerprint density at radius 2 is 2.33 bits per heavy atom. The van der Waals surface area contributed by atoms with Crippen LogP contribution in [0.1, 0.15) is 26.2 Å². The summed E-state index contributed by atoms with van der Waals surface area (Å²) in [6.07, 6.45) is 3.35. The van der Waals surface area contributed by atoms with Crippen molar-refractivity contribution in [3.05, 3.63) is 0 Å². The number of piperidine rings is 1. The second-order valence-electron chi connectivity index (χ2n) is 4.24. The first-order chi connectivity index (χ1) is 7.15. The number of nitrogens with zero attached hydrogens (tertiary/aromatic N) is 1. The summed E-state index contributed by atoms with van der Waals surface area (Å²) in [6.45, 7) is 3.65. The van der Waals surface area contributed by atoms with Crippen molar-refractivity contribution >= 4 is 5.91 Å². The zero-order chi connectivity index (χ0) is 11.3. The Morgan fingerprint density at radius 1 is 1.60 bits per heavy atom. The number of nitrogens with one attached hydrogen (secondary N) is 1. The van der Waals surface area contributed by atoms with Crippen LogP contribution in [-0.2, 0) is 9.53 Å². The molecule has 0 aromatic rings. The van der Waals surface area contributed by atoms with Gasteiger partial charge in [0.1, 0.15) is 6.10 Å². The van der Waals surface area contributed by atoms with Gasteiger partial charge in [-0.25, -0.2) is 0 Å². The van der Waals surface area contributed by atoms with Crippen molar-refractivity contribution in [3.8, 4) is 0 Å². The Hall–Kier alpha value is -0.610. The quantitative estimate of drug-likeness (QED) is 0.746. The largest absolute Gasteiger partial charge is 0.372 e. The molecule has 1 heterocycles. The highest BCUT2D eigenvalue weighted by atomic mass is 16.5. The second kappa shape index (κ2) is 6.08. The number of likely N-dealkylation sites (N-methyl/N-ethyl adjacent to an activating group) is 1. The van der Waals surface area contributed by atoms with Gasteiger partial charge in [0.15, 0.2) is 0 Å². The molecule has 1 aliphatic heterocycles. The third-order valence-electron chi connectivity index (χ3n) is 2.98. The molecule has 1 rings (SSSR count). The van der Waals surface area contributed by atoms with E-state index in [2.05, 4.69) is 5.32 Å². The third-order valence-corrected chi connectivity index (χ3v) is 2.98. The van der Waals surface area contributed by atoms with Crippen molar-refractivity contribution < 1.29 is 9.53 Å². The molecule has 0 aromatic carbocycles. The van der Waals surface area contributed by atoms with Crippen LogP contribution in [0.15, 0.2) is 0 Å². The van der Waals surface area contributed by atoms with E-state index in [9.17, 15) is 4.79 Å². The molecule has 0 radical (unpaired) electrons. The summed E-state index contributed by atoms with van der Waals surface area (Å²) in [7, 11) is 3.41. The first-order valence-corrected chi connectivity index (χ1v) is 5.66. The monoisotopic (exact) mass is 214 g/mol. The van der Waals surface area contributed by atoms with Gasteiger partial charge in [-0.05, 0) is 26.3 Å². The summed E-state index contributed by atoms with van der Waals surface area (Å²) in [6, 6.07) is 0.455. The van der Waals surface area contributed by atoms with Crippen molar-refractivity contribution in [3.63, 3.8) is 0 Å². The van der Waals surface area contributed by atoms with Crippen molar-refractivity contribution in [1.82, 2.24) is 10.2 Å². The van der Waals surface area contributed by atoms with E-state index < -0.39 is 0 Å². The lowest BCUT2D eigenvalue weighted by Crippen LogP contribution is -2.46. The number of hydrogen-bond acceptors (Lipinski definition) is 3. The molecule has 1 fully saturated rings. The average Bonchev–Trinajstić information content (AvgIpc) is 2.28. The number of methoxy groups -OCH3 is 1. The first kappa shape index (κ1) is 12.5. The molecule has 15 heavy (non-hydrogen) atoms. The fourth-order valence-corrected chi connectivity index (χ4v) is 1.91. The molecule has 4 nitrogen and oxygen atoms in total. The van der Waals surface area contributed by atoms with Crippen LogP contribution in [0.25, 0.3) is 0 Å². The standard InChI is InChI=1S/C11H22N2O2/c1-9(15-3)11(14)13(2)8-10-6-4-5-7-12-10/h9-10,12H,4-8H2,1-3H3. The zero-order valence-corrected chi connectivity index (χ0v) is 9.95. The number of amides is 1. The number of rotatable bonds is 4. The number of ether oxygens (including phenoxy) is 1. The maximum atomic E-state index is 11.7. The summed E-state index contributed by atoms with van der Waals surface area (Å²) in [5.41, 5.74) is 0. The molecule has 1 N–H and O–H groups in total. The van der Waals surface area contributed by atoms with Crippen LogP contribution in [-0.4, -0.2) is 50.2 Å². The minimum absolute atomic E-state index is 0.0601. The summed E-state index contributed by atoms with van der Waals surface area (Å²) >= 11 is 0. The van der Waals surface area contributed by atoms with Crippen LogP contribution in [0.2, 0.25) is 0 Å². The van der Waals surface area contributed by atoms with Gasteiger partial charge >= 0.3 is 0 Å². The van der Waals surface area contributed by atoms with Gasteiger partial charge in [0.2, 0.25) is 0 Å². The topological polar surface area (TPSA) is 41.6 Å². The van der Waals surface area contributed by atoms with Gasteiger partial charge in [0.25, 0.3) is 5.91 Å². The lowest BCUT2D eigenvalue weighted by atomic mass is 10.0. The van der Waals surface area contributed by atoms with Gasteiger partial charge in [-0.1, -0.05) is 6.42 Å². The van der Waals surface area contributed by atoms with Crippen molar-refractivity contribution in [2.45, 2.75) is 38.3 Å². The smallest absolute Gasteiger partial charge is 0.251 e. The molecule has 0 aliphatic carbocycles. The van der Waals surface area contributed by atoms with Crippen LogP contribution < -0.4 is 5.32 Å². The summed E-state index contributed by atoms with van der Waals surface area (Å²) in [5.74, 6) is 0.0601. The van der Waals surface area contributed by atoms with Gasteiger partial charge in [-0.15, -0.1) is 0 Å². The summed E-state index contributed by atoms with van der Waals surface area (Å²) in [4.78, 5) is 13.5. The molecule has 88 valence electrons. The van der Waals surface area contributed by atoms with Gasteiger partial charge in [0, 0.05) is 26.7 Å². The highest BCUT2D eigenvalue weighted by molar-refractivity contribution is 5.80. The minimum atomic E-state index is -0.335. The van der Waals surface area contributed by atoms with Crippen LogP contribution in [0.3, 0.4) is 0 Å². The Kier molecular flexibility index (Phi) is 5.05. The lowest BCUT2D eigenvalue weighted by Gasteiger charge is -2.29. The Bertz CT molecular complexity index is 203. The van der Waals surface area contributed by atoms with Gasteiger partial charge in [-0.3, -0.25) is 4.79 Å². The van der Waals surface area contributed by atoms with Crippen molar-refractivity contribution in [2.75, 3.05) is 27.2 Å². The predicted molar refractivity (Wildman–Crippen MR) is 59.7 cm³/mol. The fraction of sp³-hybridized carbons (Fsp3) is 0.909. The van der Waals surface area contributed by atoms with E-state index in [0.29, 0.717) is 6.04 Å². The Balaban J connectivity index is 2.33. The van der Waals surface area contributed by atoms with Gasteiger partial charge in [0.05, 0.1) is 0 Å². The second-order valence-corrected chi connectivity index (χ2v) is 4.24. The van der Waals surface area contributed by atoms with E-state index in [1.54, 1.807) is 18.9 Å². The number of carbonyl (C=O) groups is 1. The summed E-state index contributed by atoms with van der Waals surface area (Å²) < 4.78 is 5.01. The van der Waals surface area contributed by atoms with Crippen molar-refractivity contribution in [1.29, 1.82) is 0 Å². The molecule has 2 atom stereocenters. The SMILES string of the molecule is COC(C)C(=O)N(C)CC1CCCCN1. The number of hydrogen-bond donors (Lipinski definition) is 1. The number of carbonyl (C=O) groups excluding carboxylic acids is 1. The maximum absolute atomic E-state index is 11.7. The normalized spacial score (nSPS) is 23.5. The summed E-state index contributed by atoms with van der Waals surface area (Å²) in [5, 5.41) is 3.43. The highest BCUT2D eigenvalue weighted by Crippen LogP contribution is 2.08. The van der Waals surface area contributed by atoms with E-state index in [-0.39, 0.29) is 12.0 Å². The molecule has 0 aromatic heterocycles. The fourth-order valence-electron chi connectivity index (χ4n) is 1.91. The predicted octanol–water partition coefficient (Wildman–Crippen LogP) is 0.622. The van der Waals surface area contributed by atoms with Crippen LogP contribution in [0.5, 0.6) is 0 Å². The van der Waals surface area contributed by atoms with Crippen LogP contribution in [0, 0.1) is 0 Å². The molecule has 4 heteroatoms. The molecular formula is C11H22N2O2.